The van der Waals surface area contributed by atoms with Crippen LogP contribution in [-0.2, 0) is 9.84 Å². The van der Waals surface area contributed by atoms with Gasteiger partial charge in [0.2, 0.25) is 0 Å². The van der Waals surface area contributed by atoms with Crippen molar-refractivity contribution in [2.24, 2.45) is 0 Å². The largest absolute Gasteiger partial charge is 0.494 e. The van der Waals surface area contributed by atoms with Crippen LogP contribution in [-0.4, -0.2) is 43.4 Å². The summed E-state index contributed by atoms with van der Waals surface area (Å²) in [6.45, 7) is 4.62. The third-order valence-electron chi connectivity index (χ3n) is 5.11. The first-order chi connectivity index (χ1) is 13.4. The second-order valence-corrected chi connectivity index (χ2v) is 9.46. The predicted molar refractivity (Wildman–Crippen MR) is 110 cm³/mol. The van der Waals surface area contributed by atoms with Gasteiger partial charge in [-0.15, -0.1) is 0 Å². The summed E-state index contributed by atoms with van der Waals surface area (Å²) < 4.78 is 29.7. The lowest BCUT2D eigenvalue weighted by molar-refractivity contribution is 0.0613. The number of hydrogen-bond donors (Lipinski definition) is 0. The van der Waals surface area contributed by atoms with Crippen molar-refractivity contribution in [3.63, 3.8) is 0 Å². The van der Waals surface area contributed by atoms with E-state index in [9.17, 15) is 13.2 Å². The number of amides is 1. The summed E-state index contributed by atoms with van der Waals surface area (Å²) in [6.07, 6.45) is 1.39. The van der Waals surface area contributed by atoms with E-state index in [1.54, 1.807) is 29.2 Å². The third-order valence-corrected chi connectivity index (χ3v) is 6.86. The molecular formula is C22H27NO4S. The topological polar surface area (TPSA) is 63.7 Å². The second-order valence-electron chi connectivity index (χ2n) is 7.23. The molecule has 2 atom stereocenters. The fourth-order valence-electron chi connectivity index (χ4n) is 3.61. The minimum absolute atomic E-state index is 0.0214. The van der Waals surface area contributed by atoms with Gasteiger partial charge in [0.25, 0.3) is 5.91 Å². The molecule has 0 radical (unpaired) electrons. The highest BCUT2D eigenvalue weighted by Gasteiger charge is 2.37. The van der Waals surface area contributed by atoms with Crippen molar-refractivity contribution in [3.05, 3.63) is 65.7 Å². The van der Waals surface area contributed by atoms with Crippen LogP contribution in [0.3, 0.4) is 0 Å². The number of ether oxygens (including phenoxy) is 1. The summed E-state index contributed by atoms with van der Waals surface area (Å²) in [5.41, 5.74) is 1.53. The van der Waals surface area contributed by atoms with Gasteiger partial charge in [-0.3, -0.25) is 4.79 Å². The van der Waals surface area contributed by atoms with Crippen molar-refractivity contribution < 1.29 is 17.9 Å². The van der Waals surface area contributed by atoms with E-state index in [1.807, 2.05) is 44.2 Å². The molecule has 1 aliphatic heterocycles. The van der Waals surface area contributed by atoms with Gasteiger partial charge in [0.05, 0.1) is 24.2 Å². The Morgan fingerprint density at radius 2 is 1.82 bits per heavy atom. The van der Waals surface area contributed by atoms with E-state index < -0.39 is 9.84 Å². The van der Waals surface area contributed by atoms with Gasteiger partial charge < -0.3 is 9.64 Å². The van der Waals surface area contributed by atoms with Gasteiger partial charge in [-0.25, -0.2) is 8.42 Å². The lowest BCUT2D eigenvalue weighted by Gasteiger charge is -2.34. The molecule has 150 valence electrons. The van der Waals surface area contributed by atoms with Crippen molar-refractivity contribution in [3.8, 4) is 5.75 Å². The molecule has 2 aromatic rings. The van der Waals surface area contributed by atoms with E-state index in [1.165, 1.54) is 0 Å². The number of benzene rings is 2. The van der Waals surface area contributed by atoms with Crippen LogP contribution in [0.25, 0.3) is 0 Å². The lowest BCUT2D eigenvalue weighted by Crippen LogP contribution is -2.42. The Morgan fingerprint density at radius 1 is 1.14 bits per heavy atom. The van der Waals surface area contributed by atoms with Gasteiger partial charge in [-0.1, -0.05) is 37.3 Å². The highest BCUT2D eigenvalue weighted by Crippen LogP contribution is 2.30. The fourth-order valence-corrected chi connectivity index (χ4v) is 5.32. The Balaban J connectivity index is 1.88. The van der Waals surface area contributed by atoms with Crippen LogP contribution in [0.5, 0.6) is 5.75 Å². The molecule has 0 aromatic heterocycles. The normalized spacial score (nSPS) is 19.1. The summed E-state index contributed by atoms with van der Waals surface area (Å²) in [5, 5.41) is 0. The summed E-state index contributed by atoms with van der Waals surface area (Å²) in [7, 11) is -3.10. The van der Waals surface area contributed by atoms with Crippen LogP contribution < -0.4 is 4.74 Å². The van der Waals surface area contributed by atoms with E-state index in [0.717, 1.165) is 17.7 Å². The molecular weight excluding hydrogens is 374 g/mol. The first kappa shape index (κ1) is 20.4. The Kier molecular flexibility index (Phi) is 6.39. The molecule has 5 nitrogen and oxygen atoms in total. The molecule has 1 heterocycles. The number of carbonyl (C=O) groups excluding carboxylic acids is 1. The predicted octanol–water partition coefficient (Wildman–Crippen LogP) is 3.87. The van der Waals surface area contributed by atoms with Crippen molar-refractivity contribution in [1.29, 1.82) is 0 Å². The number of nitrogens with zero attached hydrogens (tertiary/aromatic N) is 1. The number of rotatable bonds is 7. The van der Waals surface area contributed by atoms with Crippen LogP contribution in [0.15, 0.2) is 54.6 Å². The summed E-state index contributed by atoms with van der Waals surface area (Å²) in [4.78, 5) is 15.1. The maximum Gasteiger partial charge on any atom is 0.254 e. The van der Waals surface area contributed by atoms with Crippen molar-refractivity contribution in [2.75, 3.05) is 18.1 Å². The van der Waals surface area contributed by atoms with E-state index in [2.05, 4.69) is 0 Å². The zero-order valence-electron chi connectivity index (χ0n) is 16.4. The molecule has 2 aromatic carbocycles. The van der Waals surface area contributed by atoms with Crippen LogP contribution >= 0.6 is 0 Å². The van der Waals surface area contributed by atoms with Gasteiger partial charge in [-0.05, 0) is 49.6 Å². The first-order valence-electron chi connectivity index (χ1n) is 9.72. The zero-order valence-corrected chi connectivity index (χ0v) is 17.2. The molecule has 1 fully saturated rings. The lowest BCUT2D eigenvalue weighted by atomic mass is 10.0. The molecule has 3 rings (SSSR count). The van der Waals surface area contributed by atoms with E-state index in [-0.39, 0.29) is 29.5 Å². The average molecular weight is 402 g/mol. The third kappa shape index (κ3) is 4.73. The molecule has 0 aliphatic carbocycles. The SMILES string of the molecule is CCCOc1ccc(C(=O)N(C2CCS(=O)(=O)C2)C(C)c2ccccc2)cc1. The zero-order chi connectivity index (χ0) is 20.1. The van der Waals surface area contributed by atoms with Crippen LogP contribution in [0, 0.1) is 0 Å². The van der Waals surface area contributed by atoms with E-state index >= 15 is 0 Å². The highest BCUT2D eigenvalue weighted by molar-refractivity contribution is 7.91. The quantitative estimate of drug-likeness (QED) is 0.707. The Morgan fingerprint density at radius 3 is 2.39 bits per heavy atom. The molecule has 0 N–H and O–H groups in total. The van der Waals surface area contributed by atoms with E-state index in [0.29, 0.717) is 18.6 Å². The number of carbonyl (C=O) groups is 1. The molecule has 2 unspecified atom stereocenters. The average Bonchev–Trinajstić information content (AvgIpc) is 3.06. The minimum Gasteiger partial charge on any atom is -0.494 e. The van der Waals surface area contributed by atoms with Gasteiger partial charge in [0, 0.05) is 11.6 Å². The minimum atomic E-state index is -3.10. The fraction of sp³-hybridized carbons (Fsp3) is 0.409. The molecule has 1 aliphatic rings. The smallest absolute Gasteiger partial charge is 0.254 e. The Bertz CT molecular complexity index is 894. The van der Waals surface area contributed by atoms with Crippen LogP contribution in [0.1, 0.15) is 48.7 Å². The van der Waals surface area contributed by atoms with Gasteiger partial charge in [0.1, 0.15) is 5.75 Å². The maximum atomic E-state index is 13.4. The molecule has 6 heteroatoms. The monoisotopic (exact) mass is 401 g/mol. The van der Waals surface area contributed by atoms with Crippen molar-refractivity contribution in [2.45, 2.75) is 38.8 Å². The van der Waals surface area contributed by atoms with E-state index in [4.69, 9.17) is 4.74 Å². The van der Waals surface area contributed by atoms with Crippen LogP contribution in [0.4, 0.5) is 0 Å². The van der Waals surface area contributed by atoms with Crippen molar-refractivity contribution >= 4 is 15.7 Å². The highest BCUT2D eigenvalue weighted by atomic mass is 32.2. The maximum absolute atomic E-state index is 13.4. The summed E-state index contributed by atoms with van der Waals surface area (Å²) in [5.74, 6) is 0.727. The van der Waals surface area contributed by atoms with Gasteiger partial charge in [-0.2, -0.15) is 0 Å². The molecule has 0 spiro atoms. The second kappa shape index (κ2) is 8.78. The molecule has 1 amide bonds. The first-order valence-corrected chi connectivity index (χ1v) is 11.5. The van der Waals surface area contributed by atoms with Crippen LogP contribution in [0.2, 0.25) is 0 Å². The molecule has 1 saturated heterocycles. The van der Waals surface area contributed by atoms with Gasteiger partial charge >= 0.3 is 0 Å². The Labute approximate surface area is 167 Å². The van der Waals surface area contributed by atoms with Gasteiger partial charge in [0.15, 0.2) is 9.84 Å². The Hall–Kier alpha value is -2.34. The molecule has 0 saturated carbocycles. The molecule has 28 heavy (non-hydrogen) atoms. The summed E-state index contributed by atoms with van der Waals surface area (Å²) >= 11 is 0. The molecule has 0 bridgehead atoms. The summed E-state index contributed by atoms with van der Waals surface area (Å²) in [6, 6.07) is 16.3. The van der Waals surface area contributed by atoms with Crippen molar-refractivity contribution in [1.82, 2.24) is 4.90 Å². The number of sulfone groups is 1. The number of hydrogen-bond acceptors (Lipinski definition) is 4. The standard InChI is InChI=1S/C22H27NO4S/c1-3-14-27-21-11-9-19(10-12-21)22(24)23(20-13-15-28(25,26)16-20)17(2)18-7-5-4-6-8-18/h4-12,17,20H,3,13-16H2,1-2H3.